The summed E-state index contributed by atoms with van der Waals surface area (Å²) in [6, 6.07) is 3.59. The van der Waals surface area contributed by atoms with E-state index in [1.165, 1.54) is 37.5 Å². The van der Waals surface area contributed by atoms with E-state index in [2.05, 4.69) is 10.1 Å². The topological polar surface area (TPSA) is 73.9 Å². The van der Waals surface area contributed by atoms with E-state index in [4.69, 9.17) is 9.47 Å². The second-order valence-electron chi connectivity index (χ2n) is 6.06. The summed E-state index contributed by atoms with van der Waals surface area (Å²) >= 11 is 0. The van der Waals surface area contributed by atoms with Crippen molar-refractivity contribution in [3.8, 4) is 11.5 Å². The highest BCUT2D eigenvalue weighted by molar-refractivity contribution is 5.94. The van der Waals surface area contributed by atoms with E-state index >= 15 is 0 Å². The number of carbonyl (C=O) groups excluding carboxylic acids is 2. The van der Waals surface area contributed by atoms with Crippen LogP contribution in [0.4, 0.5) is 8.78 Å². The Kier molecular flexibility index (Phi) is 9.25. The highest BCUT2D eigenvalue weighted by Gasteiger charge is 2.21. The van der Waals surface area contributed by atoms with Crippen molar-refractivity contribution in [2.45, 2.75) is 39.8 Å². The molecule has 1 unspecified atom stereocenters. The number of halogens is 2. The smallest absolute Gasteiger partial charge is 0.387 e. The predicted octanol–water partition coefficient (Wildman–Crippen LogP) is 3.40. The fourth-order valence-electron chi connectivity index (χ4n) is 2.31. The van der Waals surface area contributed by atoms with Crippen LogP contribution in [-0.2, 0) is 14.3 Å². The zero-order chi connectivity index (χ0) is 20.4. The number of hydrogen-bond acceptors (Lipinski definition) is 5. The fourth-order valence-corrected chi connectivity index (χ4v) is 2.31. The van der Waals surface area contributed by atoms with E-state index in [0.29, 0.717) is 12.0 Å². The molecular formula is C19H25F2NO5. The third-order valence-corrected chi connectivity index (χ3v) is 3.42. The molecule has 6 nitrogen and oxygen atoms in total. The Balaban J connectivity index is 2.86. The molecule has 1 atom stereocenters. The molecule has 0 bridgehead atoms. The van der Waals surface area contributed by atoms with Crippen molar-refractivity contribution < 1.29 is 32.6 Å². The first-order valence-corrected chi connectivity index (χ1v) is 8.54. The van der Waals surface area contributed by atoms with E-state index in [9.17, 15) is 18.4 Å². The summed E-state index contributed by atoms with van der Waals surface area (Å²) in [5, 5.41) is 2.59. The number of methoxy groups -OCH3 is 1. The lowest BCUT2D eigenvalue weighted by Gasteiger charge is -2.17. The van der Waals surface area contributed by atoms with Gasteiger partial charge in [-0.3, -0.25) is 4.79 Å². The fraction of sp³-hybridized carbons (Fsp3) is 0.474. The quantitative estimate of drug-likeness (QED) is 0.494. The molecule has 0 heterocycles. The molecule has 0 radical (unpaired) electrons. The first kappa shape index (κ1) is 22.4. The molecule has 0 aliphatic heterocycles. The Hall–Kier alpha value is -2.64. The third-order valence-electron chi connectivity index (χ3n) is 3.42. The lowest BCUT2D eigenvalue weighted by atomic mass is 10.0. The average Bonchev–Trinajstić information content (AvgIpc) is 2.60. The normalized spacial score (nSPS) is 12.3. The van der Waals surface area contributed by atoms with E-state index in [0.717, 1.165) is 0 Å². The summed E-state index contributed by atoms with van der Waals surface area (Å²) in [6.07, 6.45) is 3.17. The maximum absolute atomic E-state index is 12.4. The van der Waals surface area contributed by atoms with E-state index < -0.39 is 24.5 Å². The van der Waals surface area contributed by atoms with E-state index in [-0.39, 0.29) is 24.0 Å². The van der Waals surface area contributed by atoms with Gasteiger partial charge in [0.05, 0.1) is 13.7 Å². The van der Waals surface area contributed by atoms with Crippen molar-refractivity contribution in [3.63, 3.8) is 0 Å². The van der Waals surface area contributed by atoms with Gasteiger partial charge in [0.25, 0.3) is 0 Å². The van der Waals surface area contributed by atoms with Gasteiger partial charge in [-0.05, 0) is 43.0 Å². The zero-order valence-corrected chi connectivity index (χ0v) is 15.8. The molecular weight excluding hydrogens is 360 g/mol. The SMILES string of the molecule is CCOc1cc(/C=C/C(=O)NC(CC(C)C)C(=O)OC)ccc1OC(F)F. The Bertz CT molecular complexity index is 662. The minimum Gasteiger partial charge on any atom is -0.490 e. The largest absolute Gasteiger partial charge is 0.490 e. The van der Waals surface area contributed by atoms with Gasteiger partial charge < -0.3 is 19.5 Å². The zero-order valence-electron chi connectivity index (χ0n) is 15.8. The van der Waals surface area contributed by atoms with Gasteiger partial charge in [0.1, 0.15) is 6.04 Å². The van der Waals surface area contributed by atoms with Crippen LogP contribution in [-0.4, -0.2) is 38.2 Å². The number of esters is 1. The van der Waals surface area contributed by atoms with Gasteiger partial charge in [0, 0.05) is 6.08 Å². The van der Waals surface area contributed by atoms with E-state index in [1.807, 2.05) is 13.8 Å². The van der Waals surface area contributed by atoms with Crippen LogP contribution < -0.4 is 14.8 Å². The van der Waals surface area contributed by atoms with Crippen molar-refractivity contribution in [1.29, 1.82) is 0 Å². The number of rotatable bonds is 10. The minimum absolute atomic E-state index is 0.0869. The van der Waals surface area contributed by atoms with Gasteiger partial charge in [-0.25, -0.2) is 4.79 Å². The molecule has 8 heteroatoms. The number of hydrogen-bond donors (Lipinski definition) is 1. The summed E-state index contributed by atoms with van der Waals surface area (Å²) < 4.78 is 39.2. The standard InChI is InChI=1S/C19H25F2NO5/c1-5-26-16-11-13(6-8-15(16)27-19(20)21)7-9-17(23)22-14(10-12(2)3)18(24)25-4/h6-9,11-12,14,19H,5,10H2,1-4H3,(H,22,23)/b9-7+. The van der Waals surface area contributed by atoms with E-state index in [1.54, 1.807) is 6.92 Å². The monoisotopic (exact) mass is 385 g/mol. The number of nitrogens with one attached hydrogen (secondary N) is 1. The lowest BCUT2D eigenvalue weighted by molar-refractivity contribution is -0.145. The van der Waals surface area contributed by atoms with Gasteiger partial charge in [-0.1, -0.05) is 19.9 Å². The minimum atomic E-state index is -2.97. The van der Waals surface area contributed by atoms with Crippen molar-refractivity contribution in [2.24, 2.45) is 5.92 Å². The Labute approximate surface area is 157 Å². The molecule has 0 aromatic heterocycles. The van der Waals surface area contributed by atoms with Crippen molar-refractivity contribution in [2.75, 3.05) is 13.7 Å². The second-order valence-corrected chi connectivity index (χ2v) is 6.06. The molecule has 0 aliphatic carbocycles. The lowest BCUT2D eigenvalue weighted by Crippen LogP contribution is -2.41. The predicted molar refractivity (Wildman–Crippen MR) is 96.7 cm³/mol. The van der Waals surface area contributed by atoms with Crippen LogP contribution >= 0.6 is 0 Å². The third kappa shape index (κ3) is 8.06. The molecule has 1 rings (SSSR count). The number of amides is 1. The summed E-state index contributed by atoms with van der Waals surface area (Å²) in [4.78, 5) is 23.8. The molecule has 27 heavy (non-hydrogen) atoms. The maximum atomic E-state index is 12.4. The molecule has 0 aliphatic rings. The molecule has 0 saturated carbocycles. The number of benzene rings is 1. The molecule has 1 N–H and O–H groups in total. The Morgan fingerprint density at radius 1 is 1.22 bits per heavy atom. The van der Waals surface area contributed by atoms with Gasteiger partial charge in [-0.2, -0.15) is 8.78 Å². The van der Waals surface area contributed by atoms with Gasteiger partial charge in [-0.15, -0.1) is 0 Å². The average molecular weight is 385 g/mol. The van der Waals surface area contributed by atoms with Crippen LogP contribution in [0.5, 0.6) is 11.5 Å². The van der Waals surface area contributed by atoms with Crippen LogP contribution in [0.3, 0.4) is 0 Å². The van der Waals surface area contributed by atoms with Crippen LogP contribution in [0.15, 0.2) is 24.3 Å². The molecule has 1 amide bonds. The molecule has 0 saturated heterocycles. The highest BCUT2D eigenvalue weighted by Crippen LogP contribution is 2.30. The highest BCUT2D eigenvalue weighted by atomic mass is 19.3. The Morgan fingerprint density at radius 2 is 1.93 bits per heavy atom. The summed E-state index contributed by atoms with van der Waals surface area (Å²) in [6.45, 7) is 2.87. The molecule has 150 valence electrons. The first-order chi connectivity index (χ1) is 12.8. The van der Waals surface area contributed by atoms with Crippen LogP contribution in [0.1, 0.15) is 32.8 Å². The molecule has 1 aromatic carbocycles. The number of ether oxygens (including phenoxy) is 3. The number of alkyl halides is 2. The van der Waals surface area contributed by atoms with Gasteiger partial charge in [0.15, 0.2) is 11.5 Å². The van der Waals surface area contributed by atoms with Gasteiger partial charge >= 0.3 is 12.6 Å². The maximum Gasteiger partial charge on any atom is 0.387 e. The summed E-state index contributed by atoms with van der Waals surface area (Å²) in [7, 11) is 1.26. The second kappa shape index (κ2) is 11.2. The van der Waals surface area contributed by atoms with Crippen LogP contribution in [0.2, 0.25) is 0 Å². The molecule has 1 aromatic rings. The molecule has 0 fully saturated rings. The van der Waals surface area contributed by atoms with Crippen molar-refractivity contribution in [3.05, 3.63) is 29.8 Å². The van der Waals surface area contributed by atoms with Crippen LogP contribution in [0, 0.1) is 5.92 Å². The molecule has 0 spiro atoms. The first-order valence-electron chi connectivity index (χ1n) is 8.54. The van der Waals surface area contributed by atoms with Gasteiger partial charge in [0.2, 0.25) is 5.91 Å². The summed E-state index contributed by atoms with van der Waals surface area (Å²) in [5.74, 6) is -0.743. The number of carbonyl (C=O) groups is 2. The Morgan fingerprint density at radius 3 is 2.48 bits per heavy atom. The van der Waals surface area contributed by atoms with Crippen molar-refractivity contribution in [1.82, 2.24) is 5.32 Å². The summed E-state index contributed by atoms with van der Waals surface area (Å²) in [5.41, 5.74) is 0.550. The van der Waals surface area contributed by atoms with Crippen molar-refractivity contribution >= 4 is 18.0 Å². The van der Waals surface area contributed by atoms with Crippen LogP contribution in [0.25, 0.3) is 6.08 Å².